The summed E-state index contributed by atoms with van der Waals surface area (Å²) in [6.07, 6.45) is 4.30. The van der Waals surface area contributed by atoms with Crippen LogP contribution in [0.25, 0.3) is 0 Å². The lowest BCUT2D eigenvalue weighted by Gasteiger charge is -2.24. The van der Waals surface area contributed by atoms with Gasteiger partial charge in [0.25, 0.3) is 0 Å². The van der Waals surface area contributed by atoms with Gasteiger partial charge in [-0.15, -0.1) is 0 Å². The van der Waals surface area contributed by atoms with Crippen LogP contribution in [0.15, 0.2) is 24.3 Å². The highest BCUT2D eigenvalue weighted by atomic mass is 19.1. The summed E-state index contributed by atoms with van der Waals surface area (Å²) in [4.78, 5) is 14.0. The van der Waals surface area contributed by atoms with E-state index in [1.165, 1.54) is 12.1 Å². The molecule has 1 aliphatic carbocycles. The first-order valence-corrected chi connectivity index (χ1v) is 6.53. The van der Waals surface area contributed by atoms with E-state index in [1.807, 2.05) is 0 Å². The molecule has 1 radical (unpaired) electrons. The van der Waals surface area contributed by atoms with Crippen molar-refractivity contribution in [3.8, 4) is 0 Å². The Morgan fingerprint density at radius 1 is 1.28 bits per heavy atom. The maximum atomic E-state index is 12.8. The first kappa shape index (κ1) is 13.1. The summed E-state index contributed by atoms with van der Waals surface area (Å²) in [6, 6.07) is 6.30. The third kappa shape index (κ3) is 3.09. The van der Waals surface area contributed by atoms with Crippen molar-refractivity contribution in [2.24, 2.45) is 5.92 Å². The second-order valence-electron chi connectivity index (χ2n) is 4.87. The van der Waals surface area contributed by atoms with Crippen LogP contribution >= 0.6 is 0 Å². The molecule has 1 aromatic carbocycles. The largest absolute Gasteiger partial charge is 0.338 e. The van der Waals surface area contributed by atoms with Gasteiger partial charge in [-0.3, -0.25) is 4.79 Å². The van der Waals surface area contributed by atoms with Crippen LogP contribution in [0.1, 0.15) is 31.2 Å². The molecular formula is C15H19FNO. The zero-order valence-corrected chi connectivity index (χ0v) is 10.6. The number of halogens is 1. The number of nitrogens with zero attached hydrogens (tertiary/aromatic N) is 1. The molecule has 0 unspecified atom stereocenters. The maximum absolute atomic E-state index is 12.8. The number of hydrogen-bond donors (Lipinski definition) is 0. The van der Waals surface area contributed by atoms with Crippen LogP contribution in [0.3, 0.4) is 0 Å². The van der Waals surface area contributed by atoms with Crippen molar-refractivity contribution in [3.05, 3.63) is 42.6 Å². The second kappa shape index (κ2) is 5.98. The van der Waals surface area contributed by atoms with Crippen LogP contribution < -0.4 is 0 Å². The monoisotopic (exact) mass is 248 g/mol. The Balaban J connectivity index is 2.00. The Morgan fingerprint density at radius 2 is 1.89 bits per heavy atom. The van der Waals surface area contributed by atoms with E-state index in [9.17, 15) is 9.18 Å². The molecule has 18 heavy (non-hydrogen) atoms. The van der Waals surface area contributed by atoms with Gasteiger partial charge in [-0.05, 0) is 37.5 Å². The Bertz CT molecular complexity index is 395. The Morgan fingerprint density at radius 3 is 2.44 bits per heavy atom. The first-order valence-electron chi connectivity index (χ1n) is 6.53. The highest BCUT2D eigenvalue weighted by Crippen LogP contribution is 2.27. The molecule has 2 rings (SSSR count). The Hall–Kier alpha value is -1.38. The van der Waals surface area contributed by atoms with Gasteiger partial charge in [-0.1, -0.05) is 25.0 Å². The van der Waals surface area contributed by atoms with Crippen molar-refractivity contribution in [1.29, 1.82) is 0 Å². The lowest BCUT2D eigenvalue weighted by molar-refractivity contribution is -0.135. The van der Waals surface area contributed by atoms with Gasteiger partial charge in [0.1, 0.15) is 5.82 Å². The summed E-state index contributed by atoms with van der Waals surface area (Å²) in [5.41, 5.74) is 0.950. The van der Waals surface area contributed by atoms with Crippen molar-refractivity contribution >= 4 is 5.91 Å². The first-order chi connectivity index (χ1) is 8.70. The number of benzene rings is 1. The molecule has 0 aromatic heterocycles. The molecule has 0 N–H and O–H groups in total. The molecule has 3 heteroatoms. The van der Waals surface area contributed by atoms with E-state index in [1.54, 1.807) is 17.0 Å². The fraction of sp³-hybridized carbons (Fsp3) is 0.467. The second-order valence-corrected chi connectivity index (χ2v) is 4.87. The molecule has 1 saturated carbocycles. The smallest absolute Gasteiger partial charge is 0.225 e. The fourth-order valence-electron chi connectivity index (χ4n) is 2.51. The molecule has 97 valence electrons. The van der Waals surface area contributed by atoms with E-state index in [-0.39, 0.29) is 17.6 Å². The summed E-state index contributed by atoms with van der Waals surface area (Å²) in [5, 5.41) is 0. The lowest BCUT2D eigenvalue weighted by Crippen LogP contribution is -2.34. The molecule has 0 heterocycles. The van der Waals surface area contributed by atoms with Crippen LogP contribution in [-0.4, -0.2) is 17.4 Å². The minimum absolute atomic E-state index is 0.173. The van der Waals surface area contributed by atoms with Crippen molar-refractivity contribution in [2.75, 3.05) is 6.54 Å². The van der Waals surface area contributed by atoms with Crippen molar-refractivity contribution in [2.45, 2.75) is 32.2 Å². The van der Waals surface area contributed by atoms with Crippen LogP contribution in [0.5, 0.6) is 0 Å². The summed E-state index contributed by atoms with van der Waals surface area (Å²) < 4.78 is 12.8. The van der Waals surface area contributed by atoms with Crippen molar-refractivity contribution < 1.29 is 9.18 Å². The van der Waals surface area contributed by atoms with Crippen LogP contribution in [0.4, 0.5) is 4.39 Å². The zero-order valence-electron chi connectivity index (χ0n) is 10.6. The molecule has 1 aliphatic rings. The van der Waals surface area contributed by atoms with Gasteiger partial charge in [-0.25, -0.2) is 4.39 Å². The predicted molar refractivity (Wildman–Crippen MR) is 69.1 cm³/mol. The number of carbonyl (C=O) groups excluding carboxylic acids is 1. The molecule has 0 spiro atoms. The average Bonchev–Trinajstić information content (AvgIpc) is 2.91. The minimum Gasteiger partial charge on any atom is -0.338 e. The molecule has 0 atom stereocenters. The van der Waals surface area contributed by atoms with Gasteiger partial charge in [-0.2, -0.15) is 0 Å². The van der Waals surface area contributed by atoms with E-state index < -0.39 is 0 Å². The summed E-state index contributed by atoms with van der Waals surface area (Å²) in [6.45, 7) is 4.82. The van der Waals surface area contributed by atoms with Crippen LogP contribution in [-0.2, 0) is 11.3 Å². The lowest BCUT2D eigenvalue weighted by atomic mass is 10.1. The van der Waals surface area contributed by atoms with E-state index in [0.717, 1.165) is 31.2 Å². The third-order valence-electron chi connectivity index (χ3n) is 3.57. The number of rotatable bonds is 4. The standard InChI is InChI=1S/C15H19FNO/c1-2-17(15(18)13-5-3-4-6-13)11-12-7-9-14(16)10-8-12/h7-10,13H,1-6,11H2. The van der Waals surface area contributed by atoms with Crippen molar-refractivity contribution in [3.63, 3.8) is 0 Å². The summed E-state index contributed by atoms with van der Waals surface area (Å²) in [7, 11) is 0. The average molecular weight is 248 g/mol. The number of amides is 1. The van der Waals surface area contributed by atoms with Crippen LogP contribution in [0.2, 0.25) is 0 Å². The minimum atomic E-state index is -0.248. The molecule has 0 aliphatic heterocycles. The quantitative estimate of drug-likeness (QED) is 0.801. The van der Waals surface area contributed by atoms with Crippen LogP contribution in [0, 0.1) is 18.7 Å². The van der Waals surface area contributed by atoms with Gasteiger partial charge in [0, 0.05) is 19.0 Å². The molecule has 1 fully saturated rings. The molecule has 1 aromatic rings. The topological polar surface area (TPSA) is 20.3 Å². The van der Waals surface area contributed by atoms with E-state index in [2.05, 4.69) is 6.92 Å². The number of carbonyl (C=O) groups is 1. The van der Waals surface area contributed by atoms with Gasteiger partial charge >= 0.3 is 0 Å². The normalized spacial score (nSPS) is 15.9. The van der Waals surface area contributed by atoms with Gasteiger partial charge in [0.05, 0.1) is 0 Å². The van der Waals surface area contributed by atoms with Crippen molar-refractivity contribution in [1.82, 2.24) is 4.90 Å². The molecular weight excluding hydrogens is 229 g/mol. The molecule has 2 nitrogen and oxygen atoms in total. The highest BCUT2D eigenvalue weighted by Gasteiger charge is 2.26. The van der Waals surface area contributed by atoms with E-state index >= 15 is 0 Å². The SMILES string of the molecule is [CH2]CN(Cc1ccc(F)cc1)C(=O)C1CCCC1. The van der Waals surface area contributed by atoms with Gasteiger partial charge in [0.15, 0.2) is 0 Å². The summed E-state index contributed by atoms with van der Waals surface area (Å²) >= 11 is 0. The molecule has 1 amide bonds. The Labute approximate surface area is 108 Å². The van der Waals surface area contributed by atoms with E-state index in [0.29, 0.717) is 13.1 Å². The zero-order chi connectivity index (χ0) is 13.0. The summed E-state index contributed by atoms with van der Waals surface area (Å²) in [5.74, 6) is 0.126. The van der Waals surface area contributed by atoms with Gasteiger partial charge < -0.3 is 4.90 Å². The highest BCUT2D eigenvalue weighted by molar-refractivity contribution is 5.79. The molecule has 0 saturated heterocycles. The van der Waals surface area contributed by atoms with E-state index in [4.69, 9.17) is 0 Å². The van der Waals surface area contributed by atoms with Gasteiger partial charge in [0.2, 0.25) is 5.91 Å². The fourth-order valence-corrected chi connectivity index (χ4v) is 2.51. The number of hydrogen-bond acceptors (Lipinski definition) is 1. The predicted octanol–water partition coefficient (Wildman–Crippen LogP) is 3.18. The Kier molecular flexibility index (Phi) is 4.34. The maximum Gasteiger partial charge on any atom is 0.225 e. The third-order valence-corrected chi connectivity index (χ3v) is 3.57. The molecule has 0 bridgehead atoms.